The molecule has 1 aliphatic carbocycles. The van der Waals surface area contributed by atoms with Crippen LogP contribution in [0, 0.1) is 25.2 Å². The van der Waals surface area contributed by atoms with Crippen LogP contribution in [0.5, 0.6) is 0 Å². The number of nitriles is 1. The number of sulfone groups is 1. The zero-order chi connectivity index (χ0) is 12.7. The maximum atomic E-state index is 12.4. The second-order valence-corrected chi connectivity index (χ2v) is 6.97. The van der Waals surface area contributed by atoms with E-state index < -0.39 is 14.6 Å². The molecule has 0 aromatic heterocycles. The Labute approximate surface area is 102 Å². The summed E-state index contributed by atoms with van der Waals surface area (Å²) in [5.74, 6) is 0. The highest BCUT2D eigenvalue weighted by molar-refractivity contribution is 7.93. The third-order valence-electron chi connectivity index (χ3n) is 3.67. The predicted octanol–water partition coefficient (Wildman–Crippen LogP) is 2.52. The maximum Gasteiger partial charge on any atom is 0.197 e. The Balaban J connectivity index is 2.53. The molecule has 17 heavy (non-hydrogen) atoms. The monoisotopic (exact) mass is 249 g/mol. The lowest BCUT2D eigenvalue weighted by Crippen LogP contribution is -2.43. The van der Waals surface area contributed by atoms with Crippen molar-refractivity contribution in [3.05, 3.63) is 29.3 Å². The minimum Gasteiger partial charge on any atom is -0.222 e. The molecular weight excluding hydrogens is 234 g/mol. The molecule has 0 N–H and O–H groups in total. The summed E-state index contributed by atoms with van der Waals surface area (Å²) < 4.78 is 23.6. The number of aryl methyl sites for hydroxylation is 2. The molecule has 0 spiro atoms. The van der Waals surface area contributed by atoms with E-state index in [1.807, 2.05) is 19.9 Å². The van der Waals surface area contributed by atoms with Gasteiger partial charge >= 0.3 is 0 Å². The smallest absolute Gasteiger partial charge is 0.197 e. The number of rotatable bonds is 2. The first kappa shape index (κ1) is 12.1. The lowest BCUT2D eigenvalue weighted by Gasteiger charge is -2.34. The Hall–Kier alpha value is -1.34. The van der Waals surface area contributed by atoms with E-state index in [0.29, 0.717) is 12.8 Å². The van der Waals surface area contributed by atoms with Gasteiger partial charge in [0.25, 0.3) is 0 Å². The fourth-order valence-electron chi connectivity index (χ4n) is 2.05. The molecule has 1 fully saturated rings. The summed E-state index contributed by atoms with van der Waals surface area (Å²) in [5, 5.41) is 9.13. The van der Waals surface area contributed by atoms with Crippen LogP contribution in [0.2, 0.25) is 0 Å². The predicted molar refractivity (Wildman–Crippen MR) is 65.3 cm³/mol. The molecule has 0 aliphatic heterocycles. The zero-order valence-electron chi connectivity index (χ0n) is 10.0. The molecule has 0 heterocycles. The summed E-state index contributed by atoms with van der Waals surface area (Å²) in [7, 11) is -3.51. The van der Waals surface area contributed by atoms with Crippen molar-refractivity contribution in [2.24, 2.45) is 0 Å². The van der Waals surface area contributed by atoms with E-state index in [2.05, 4.69) is 0 Å². The highest BCUT2D eigenvalue weighted by atomic mass is 32.2. The third-order valence-corrected chi connectivity index (χ3v) is 6.07. The van der Waals surface area contributed by atoms with Gasteiger partial charge in [-0.3, -0.25) is 0 Å². The van der Waals surface area contributed by atoms with E-state index in [0.717, 1.165) is 17.5 Å². The molecule has 1 saturated carbocycles. The van der Waals surface area contributed by atoms with E-state index >= 15 is 0 Å². The molecule has 4 heteroatoms. The Kier molecular flexibility index (Phi) is 2.75. The molecule has 1 aromatic rings. The Bertz CT molecular complexity index is 592. The first-order chi connectivity index (χ1) is 7.93. The van der Waals surface area contributed by atoms with Crippen LogP contribution in [0.4, 0.5) is 0 Å². The Morgan fingerprint density at radius 2 is 1.88 bits per heavy atom. The van der Waals surface area contributed by atoms with E-state index in [-0.39, 0.29) is 4.90 Å². The average molecular weight is 249 g/mol. The lowest BCUT2D eigenvalue weighted by molar-refractivity contribution is 0.406. The fraction of sp³-hybridized carbons (Fsp3) is 0.462. The first-order valence-electron chi connectivity index (χ1n) is 5.66. The van der Waals surface area contributed by atoms with Crippen LogP contribution >= 0.6 is 0 Å². The number of hydrogen-bond acceptors (Lipinski definition) is 3. The molecule has 0 atom stereocenters. The molecule has 1 aliphatic rings. The maximum absolute atomic E-state index is 12.4. The molecule has 90 valence electrons. The van der Waals surface area contributed by atoms with Crippen molar-refractivity contribution < 1.29 is 8.42 Å². The average Bonchev–Trinajstić information content (AvgIpc) is 2.20. The Morgan fingerprint density at radius 3 is 2.29 bits per heavy atom. The number of benzene rings is 1. The van der Waals surface area contributed by atoms with Crippen LogP contribution in [0.25, 0.3) is 0 Å². The van der Waals surface area contributed by atoms with Gasteiger partial charge in [0.2, 0.25) is 0 Å². The van der Waals surface area contributed by atoms with Crippen molar-refractivity contribution in [2.45, 2.75) is 42.8 Å². The normalized spacial score (nSPS) is 18.2. The SMILES string of the molecule is Cc1ccc(S(=O)(=O)C2(C#N)CCC2)cc1C. The van der Waals surface area contributed by atoms with Crippen LogP contribution in [0.3, 0.4) is 0 Å². The molecule has 0 bridgehead atoms. The number of nitrogens with zero attached hydrogens (tertiary/aromatic N) is 1. The van der Waals surface area contributed by atoms with Gasteiger partial charge in [0.05, 0.1) is 11.0 Å². The minimum atomic E-state index is -3.51. The van der Waals surface area contributed by atoms with Crippen molar-refractivity contribution in [3.63, 3.8) is 0 Å². The molecule has 0 saturated heterocycles. The fourth-order valence-corrected chi connectivity index (χ4v) is 4.02. The van der Waals surface area contributed by atoms with Crippen LogP contribution in [-0.2, 0) is 9.84 Å². The zero-order valence-corrected chi connectivity index (χ0v) is 10.8. The summed E-state index contributed by atoms with van der Waals surface area (Å²) in [4.78, 5) is 0.279. The summed E-state index contributed by atoms with van der Waals surface area (Å²) in [5.41, 5.74) is 2.00. The van der Waals surface area contributed by atoms with Gasteiger partial charge < -0.3 is 0 Å². The van der Waals surface area contributed by atoms with Gasteiger partial charge in [-0.25, -0.2) is 8.42 Å². The first-order valence-corrected chi connectivity index (χ1v) is 7.14. The van der Waals surface area contributed by atoms with E-state index in [1.165, 1.54) is 0 Å². The van der Waals surface area contributed by atoms with Crippen molar-refractivity contribution in [2.75, 3.05) is 0 Å². The van der Waals surface area contributed by atoms with Gasteiger partial charge in [-0.05, 0) is 56.4 Å². The molecule has 2 rings (SSSR count). The van der Waals surface area contributed by atoms with Crippen LogP contribution < -0.4 is 0 Å². The van der Waals surface area contributed by atoms with Crippen molar-refractivity contribution in [1.82, 2.24) is 0 Å². The van der Waals surface area contributed by atoms with Gasteiger partial charge in [0.15, 0.2) is 14.6 Å². The quantitative estimate of drug-likeness (QED) is 0.809. The van der Waals surface area contributed by atoms with Crippen molar-refractivity contribution in [3.8, 4) is 6.07 Å². The topological polar surface area (TPSA) is 57.9 Å². The minimum absolute atomic E-state index is 0.279. The summed E-state index contributed by atoms with van der Waals surface area (Å²) in [6.45, 7) is 3.82. The highest BCUT2D eigenvalue weighted by Crippen LogP contribution is 2.42. The lowest BCUT2D eigenvalue weighted by atomic mass is 9.86. The van der Waals surface area contributed by atoms with Gasteiger partial charge in [-0.1, -0.05) is 6.07 Å². The van der Waals surface area contributed by atoms with Crippen molar-refractivity contribution in [1.29, 1.82) is 5.26 Å². The molecule has 1 aromatic carbocycles. The van der Waals surface area contributed by atoms with Gasteiger partial charge in [-0.15, -0.1) is 0 Å². The van der Waals surface area contributed by atoms with Gasteiger partial charge in [0, 0.05) is 0 Å². The summed E-state index contributed by atoms with van der Waals surface area (Å²) >= 11 is 0. The van der Waals surface area contributed by atoms with Crippen LogP contribution in [0.15, 0.2) is 23.1 Å². The van der Waals surface area contributed by atoms with Crippen LogP contribution in [-0.4, -0.2) is 13.2 Å². The summed E-state index contributed by atoms with van der Waals surface area (Å²) in [6, 6.07) is 7.07. The molecule has 0 amide bonds. The molecular formula is C13H15NO2S. The Morgan fingerprint density at radius 1 is 1.24 bits per heavy atom. The number of hydrogen-bond donors (Lipinski definition) is 0. The second kappa shape index (κ2) is 3.85. The summed E-state index contributed by atoms with van der Waals surface area (Å²) in [6.07, 6.45) is 1.73. The highest BCUT2D eigenvalue weighted by Gasteiger charge is 2.50. The second-order valence-electron chi connectivity index (χ2n) is 4.71. The standard InChI is InChI=1S/C13H15NO2S/c1-10-4-5-12(8-11(10)2)17(15,16)13(9-14)6-3-7-13/h4-5,8H,3,6-7H2,1-2H3. The van der Waals surface area contributed by atoms with E-state index in [9.17, 15) is 8.42 Å². The van der Waals surface area contributed by atoms with Crippen molar-refractivity contribution >= 4 is 9.84 Å². The van der Waals surface area contributed by atoms with Gasteiger partial charge in [-0.2, -0.15) is 5.26 Å². The largest absolute Gasteiger partial charge is 0.222 e. The van der Waals surface area contributed by atoms with Crippen LogP contribution in [0.1, 0.15) is 30.4 Å². The molecule has 0 radical (unpaired) electrons. The molecule has 0 unspecified atom stereocenters. The van der Waals surface area contributed by atoms with E-state index in [1.54, 1.807) is 18.2 Å². The molecule has 3 nitrogen and oxygen atoms in total. The van der Waals surface area contributed by atoms with Gasteiger partial charge in [0.1, 0.15) is 0 Å². The van der Waals surface area contributed by atoms with E-state index in [4.69, 9.17) is 5.26 Å². The third kappa shape index (κ3) is 1.66.